The standard InChI is InChI=1S/C11H9FN2O2S/c12-8-5-7(1-2-9(8)13)11(15)16-6-10-14-3-4-17-10/h1-5H,6,13H2. The summed E-state index contributed by atoms with van der Waals surface area (Å²) in [5.41, 5.74) is 5.44. The van der Waals surface area contributed by atoms with E-state index in [0.717, 1.165) is 6.07 Å². The lowest BCUT2D eigenvalue weighted by atomic mass is 10.2. The summed E-state index contributed by atoms with van der Waals surface area (Å²) < 4.78 is 18.1. The average molecular weight is 252 g/mol. The minimum atomic E-state index is -0.631. The van der Waals surface area contributed by atoms with Crippen molar-refractivity contribution in [3.63, 3.8) is 0 Å². The molecule has 6 heteroatoms. The van der Waals surface area contributed by atoms with E-state index in [1.165, 1.54) is 23.5 Å². The van der Waals surface area contributed by atoms with Crippen molar-refractivity contribution in [3.8, 4) is 0 Å². The van der Waals surface area contributed by atoms with Crippen molar-refractivity contribution >= 4 is 23.0 Å². The molecule has 2 N–H and O–H groups in total. The first-order chi connectivity index (χ1) is 8.16. The van der Waals surface area contributed by atoms with E-state index in [1.54, 1.807) is 11.6 Å². The Labute approximate surface area is 101 Å². The number of ether oxygens (including phenoxy) is 1. The zero-order valence-electron chi connectivity index (χ0n) is 8.72. The fourth-order valence-corrected chi connectivity index (χ4v) is 1.72. The molecule has 0 bridgehead atoms. The lowest BCUT2D eigenvalue weighted by molar-refractivity contribution is 0.0472. The Balaban J connectivity index is 2.02. The smallest absolute Gasteiger partial charge is 0.338 e. The van der Waals surface area contributed by atoms with E-state index in [4.69, 9.17) is 10.5 Å². The Morgan fingerprint density at radius 3 is 3.00 bits per heavy atom. The van der Waals surface area contributed by atoms with Crippen LogP contribution in [-0.4, -0.2) is 11.0 Å². The summed E-state index contributed by atoms with van der Waals surface area (Å²) >= 11 is 1.38. The van der Waals surface area contributed by atoms with Crippen molar-refractivity contribution in [2.45, 2.75) is 6.61 Å². The maximum Gasteiger partial charge on any atom is 0.338 e. The molecule has 4 nitrogen and oxygen atoms in total. The molecule has 1 aromatic heterocycles. The number of thiazole rings is 1. The summed E-state index contributed by atoms with van der Waals surface area (Å²) in [4.78, 5) is 15.5. The predicted molar refractivity (Wildman–Crippen MR) is 62.0 cm³/mol. The van der Waals surface area contributed by atoms with Gasteiger partial charge in [0.2, 0.25) is 0 Å². The van der Waals surface area contributed by atoms with Crippen LogP contribution in [-0.2, 0) is 11.3 Å². The number of nitrogen functional groups attached to an aromatic ring is 1. The van der Waals surface area contributed by atoms with E-state index < -0.39 is 11.8 Å². The van der Waals surface area contributed by atoms with Gasteiger partial charge in [0.25, 0.3) is 0 Å². The van der Waals surface area contributed by atoms with Crippen molar-refractivity contribution < 1.29 is 13.9 Å². The van der Waals surface area contributed by atoms with Crippen molar-refractivity contribution in [1.82, 2.24) is 4.98 Å². The van der Waals surface area contributed by atoms with Crippen LogP contribution in [0.4, 0.5) is 10.1 Å². The molecule has 0 aliphatic heterocycles. The maximum atomic E-state index is 13.1. The molecule has 0 saturated carbocycles. The van der Waals surface area contributed by atoms with E-state index >= 15 is 0 Å². The van der Waals surface area contributed by atoms with E-state index in [9.17, 15) is 9.18 Å². The highest BCUT2D eigenvalue weighted by atomic mass is 32.1. The fourth-order valence-electron chi connectivity index (χ4n) is 1.19. The molecule has 0 saturated heterocycles. The minimum absolute atomic E-state index is 0.00136. The van der Waals surface area contributed by atoms with Crippen molar-refractivity contribution in [2.24, 2.45) is 0 Å². The molecule has 17 heavy (non-hydrogen) atoms. The van der Waals surface area contributed by atoms with E-state index in [1.807, 2.05) is 0 Å². The van der Waals surface area contributed by atoms with Crippen LogP contribution in [0.2, 0.25) is 0 Å². The van der Waals surface area contributed by atoms with Gasteiger partial charge in [-0.2, -0.15) is 0 Å². The number of nitrogens with two attached hydrogens (primary N) is 1. The normalized spacial score (nSPS) is 10.2. The van der Waals surface area contributed by atoms with Crippen LogP contribution in [0, 0.1) is 5.82 Å². The van der Waals surface area contributed by atoms with E-state index in [2.05, 4.69) is 4.98 Å². The first-order valence-corrected chi connectivity index (χ1v) is 5.65. The van der Waals surface area contributed by atoms with Gasteiger partial charge in [-0.25, -0.2) is 14.2 Å². The molecule has 88 valence electrons. The lowest BCUT2D eigenvalue weighted by Crippen LogP contribution is -2.06. The number of rotatable bonds is 3. The number of carbonyl (C=O) groups is 1. The number of hydrogen-bond donors (Lipinski definition) is 1. The van der Waals surface area contributed by atoms with Crippen LogP contribution >= 0.6 is 11.3 Å². The predicted octanol–water partition coefficient (Wildman–Crippen LogP) is 2.22. The molecular weight excluding hydrogens is 243 g/mol. The van der Waals surface area contributed by atoms with Gasteiger partial charge >= 0.3 is 5.97 Å². The first kappa shape index (κ1) is 11.5. The second kappa shape index (κ2) is 4.92. The minimum Gasteiger partial charge on any atom is -0.455 e. The second-order valence-electron chi connectivity index (χ2n) is 3.24. The number of halogens is 1. The number of benzene rings is 1. The molecule has 0 aliphatic rings. The Morgan fingerprint density at radius 2 is 2.35 bits per heavy atom. The highest BCUT2D eigenvalue weighted by molar-refractivity contribution is 7.09. The molecule has 1 aromatic carbocycles. The zero-order chi connectivity index (χ0) is 12.3. The van der Waals surface area contributed by atoms with Crippen molar-refractivity contribution in [1.29, 1.82) is 0 Å². The number of esters is 1. The average Bonchev–Trinajstić information content (AvgIpc) is 2.82. The number of nitrogens with zero attached hydrogens (tertiary/aromatic N) is 1. The Bertz CT molecular complexity index is 528. The molecule has 2 aromatic rings. The summed E-state index contributed by atoms with van der Waals surface area (Å²) in [5.74, 6) is -1.23. The molecule has 0 atom stereocenters. The monoisotopic (exact) mass is 252 g/mol. The third kappa shape index (κ3) is 2.79. The summed E-state index contributed by atoms with van der Waals surface area (Å²) in [5, 5.41) is 2.47. The van der Waals surface area contributed by atoms with Gasteiger partial charge in [0.15, 0.2) is 0 Å². The Kier molecular flexibility index (Phi) is 3.34. The Hall–Kier alpha value is -1.95. The van der Waals surface area contributed by atoms with Gasteiger partial charge in [-0.1, -0.05) is 0 Å². The number of carbonyl (C=O) groups excluding carboxylic acids is 1. The van der Waals surface area contributed by atoms with Gasteiger partial charge in [-0.3, -0.25) is 0 Å². The number of hydrogen-bond acceptors (Lipinski definition) is 5. The van der Waals surface area contributed by atoms with Gasteiger partial charge in [0.05, 0.1) is 11.3 Å². The lowest BCUT2D eigenvalue weighted by Gasteiger charge is -2.03. The third-order valence-corrected chi connectivity index (χ3v) is 2.80. The van der Waals surface area contributed by atoms with Crippen LogP contribution in [0.25, 0.3) is 0 Å². The van der Waals surface area contributed by atoms with Crippen LogP contribution in [0.15, 0.2) is 29.8 Å². The van der Waals surface area contributed by atoms with Gasteiger partial charge < -0.3 is 10.5 Å². The quantitative estimate of drug-likeness (QED) is 0.672. The molecule has 0 spiro atoms. The largest absolute Gasteiger partial charge is 0.455 e. The Morgan fingerprint density at radius 1 is 1.53 bits per heavy atom. The highest BCUT2D eigenvalue weighted by Gasteiger charge is 2.10. The zero-order valence-corrected chi connectivity index (χ0v) is 9.54. The summed E-state index contributed by atoms with van der Waals surface area (Å²) in [7, 11) is 0. The van der Waals surface area contributed by atoms with Crippen LogP contribution in [0.3, 0.4) is 0 Å². The fraction of sp³-hybridized carbons (Fsp3) is 0.0909. The molecule has 2 rings (SSSR count). The van der Waals surface area contributed by atoms with Gasteiger partial charge in [-0.15, -0.1) is 11.3 Å². The van der Waals surface area contributed by atoms with Gasteiger partial charge in [0, 0.05) is 11.6 Å². The van der Waals surface area contributed by atoms with E-state index in [0.29, 0.717) is 5.01 Å². The second-order valence-corrected chi connectivity index (χ2v) is 4.22. The molecule has 0 unspecified atom stereocenters. The van der Waals surface area contributed by atoms with Gasteiger partial charge in [0.1, 0.15) is 17.4 Å². The van der Waals surface area contributed by atoms with Crippen molar-refractivity contribution in [3.05, 3.63) is 46.2 Å². The maximum absolute atomic E-state index is 13.1. The number of aromatic nitrogens is 1. The van der Waals surface area contributed by atoms with Gasteiger partial charge in [-0.05, 0) is 18.2 Å². The topological polar surface area (TPSA) is 65.2 Å². The molecular formula is C11H9FN2O2S. The molecule has 1 heterocycles. The van der Waals surface area contributed by atoms with Crippen LogP contribution < -0.4 is 5.73 Å². The SMILES string of the molecule is Nc1ccc(C(=O)OCc2nccs2)cc1F. The third-order valence-electron chi connectivity index (χ3n) is 2.05. The summed E-state index contributed by atoms with van der Waals surface area (Å²) in [6, 6.07) is 3.80. The molecule has 0 radical (unpaired) electrons. The molecule has 0 amide bonds. The first-order valence-electron chi connectivity index (χ1n) is 4.77. The molecule has 0 aliphatic carbocycles. The van der Waals surface area contributed by atoms with E-state index in [-0.39, 0.29) is 17.9 Å². The highest BCUT2D eigenvalue weighted by Crippen LogP contribution is 2.14. The summed E-state index contributed by atoms with van der Waals surface area (Å²) in [6.45, 7) is 0.0858. The van der Waals surface area contributed by atoms with Crippen LogP contribution in [0.5, 0.6) is 0 Å². The van der Waals surface area contributed by atoms with Crippen LogP contribution in [0.1, 0.15) is 15.4 Å². The summed E-state index contributed by atoms with van der Waals surface area (Å²) in [6.07, 6.45) is 1.62. The molecule has 0 fully saturated rings. The van der Waals surface area contributed by atoms with Crippen molar-refractivity contribution in [2.75, 3.05) is 5.73 Å². The number of anilines is 1.